The van der Waals surface area contributed by atoms with Gasteiger partial charge in [0, 0.05) is 29.9 Å². The van der Waals surface area contributed by atoms with Gasteiger partial charge in [0.1, 0.15) is 11.5 Å². The zero-order chi connectivity index (χ0) is 24.2. The zero-order valence-corrected chi connectivity index (χ0v) is 21.9. The lowest BCUT2D eigenvalue weighted by atomic mass is 10.1. The van der Waals surface area contributed by atoms with Gasteiger partial charge in [-0.15, -0.1) is 0 Å². The number of rotatable bonds is 8. The summed E-state index contributed by atoms with van der Waals surface area (Å²) >= 11 is 12.5. The number of benzene rings is 1. The molecular formula is C27H30ClNO2S2. The number of hydrogen-bond donors (Lipinski definition) is 0. The van der Waals surface area contributed by atoms with Crippen LogP contribution in [0.15, 0.2) is 81.2 Å². The Kier molecular flexibility index (Phi) is 11.4. The van der Waals surface area contributed by atoms with Crippen molar-refractivity contribution < 1.29 is 9.21 Å². The first-order valence-corrected chi connectivity index (χ1v) is 12.7. The van der Waals surface area contributed by atoms with Gasteiger partial charge in [0.2, 0.25) is 0 Å². The molecule has 1 amide bonds. The van der Waals surface area contributed by atoms with Crippen molar-refractivity contribution in [3.8, 4) is 11.3 Å². The third-order valence-corrected chi connectivity index (χ3v) is 6.22. The van der Waals surface area contributed by atoms with Crippen LogP contribution in [-0.2, 0) is 4.79 Å². The Morgan fingerprint density at radius 2 is 1.91 bits per heavy atom. The average Bonchev–Trinajstić information content (AvgIpc) is 3.19. The molecule has 2 aromatic rings. The van der Waals surface area contributed by atoms with Crippen LogP contribution < -0.4 is 0 Å². The van der Waals surface area contributed by atoms with Crippen molar-refractivity contribution >= 4 is 52.3 Å². The van der Waals surface area contributed by atoms with Gasteiger partial charge < -0.3 is 9.32 Å². The van der Waals surface area contributed by atoms with Crippen LogP contribution in [0, 0.1) is 0 Å². The third-order valence-electron chi connectivity index (χ3n) is 4.95. The standard InChI is InChI=1S/C25H24ClNO2S2.C2H6/c1-18-8-4-3-5-9-19(18)14-15-27(2)25(28)24(31-17-30)16-20-12-13-23(29-20)21-10-6-7-11-22(21)26;1-2/h4-13,16-17H,3,14-15H2,1-2H3;1-2H3/b24-16-;. The van der Waals surface area contributed by atoms with Crippen LogP contribution in [0.1, 0.15) is 39.4 Å². The molecule has 174 valence electrons. The average molecular weight is 500 g/mol. The predicted molar refractivity (Wildman–Crippen MR) is 148 cm³/mol. The van der Waals surface area contributed by atoms with Gasteiger partial charge in [-0.3, -0.25) is 4.79 Å². The van der Waals surface area contributed by atoms with E-state index in [9.17, 15) is 4.79 Å². The molecule has 1 aliphatic rings. The first kappa shape index (κ1) is 26.9. The fourth-order valence-electron chi connectivity index (χ4n) is 3.19. The number of carbonyl (C=O) groups excluding carboxylic acids is 1. The van der Waals surface area contributed by atoms with E-state index in [2.05, 4.69) is 31.2 Å². The summed E-state index contributed by atoms with van der Waals surface area (Å²) in [7, 11) is 1.81. The molecule has 0 spiro atoms. The van der Waals surface area contributed by atoms with E-state index in [0.29, 0.717) is 28.0 Å². The summed E-state index contributed by atoms with van der Waals surface area (Å²) in [5.74, 6) is 1.14. The smallest absolute Gasteiger partial charge is 0.260 e. The van der Waals surface area contributed by atoms with E-state index >= 15 is 0 Å². The van der Waals surface area contributed by atoms with Crippen molar-refractivity contribution in [1.82, 2.24) is 4.90 Å². The number of halogens is 1. The highest BCUT2D eigenvalue weighted by atomic mass is 35.5. The summed E-state index contributed by atoms with van der Waals surface area (Å²) in [6.07, 6.45) is 12.0. The molecule has 0 bridgehead atoms. The molecule has 0 aliphatic heterocycles. The van der Waals surface area contributed by atoms with Crippen molar-refractivity contribution in [2.45, 2.75) is 33.6 Å². The van der Waals surface area contributed by atoms with Gasteiger partial charge >= 0.3 is 0 Å². The SMILES string of the molecule is CC.CC1=C(CCN(C)C(=O)/C(=C/c2ccc(-c3ccccc3Cl)o2)SC=S)C=CCC=C1. The van der Waals surface area contributed by atoms with E-state index in [1.165, 1.54) is 27.6 Å². The summed E-state index contributed by atoms with van der Waals surface area (Å²) in [5, 5.41) is 0.615. The van der Waals surface area contributed by atoms with E-state index in [1.54, 1.807) is 11.0 Å². The van der Waals surface area contributed by atoms with E-state index in [0.717, 1.165) is 18.4 Å². The highest BCUT2D eigenvalue weighted by Crippen LogP contribution is 2.30. The maximum Gasteiger partial charge on any atom is 0.260 e. The molecule has 0 radical (unpaired) electrons. The quantitative estimate of drug-likeness (QED) is 0.270. The molecule has 0 saturated heterocycles. The Labute approximate surface area is 211 Å². The number of thiocarbonyl (C=S) groups is 1. The van der Waals surface area contributed by atoms with Gasteiger partial charge in [0.05, 0.1) is 9.93 Å². The minimum absolute atomic E-state index is 0.0896. The fourth-order valence-corrected chi connectivity index (χ4v) is 4.28. The lowest BCUT2D eigenvalue weighted by molar-refractivity contribution is -0.125. The molecular weight excluding hydrogens is 470 g/mol. The van der Waals surface area contributed by atoms with Crippen molar-refractivity contribution in [3.63, 3.8) is 0 Å². The maximum absolute atomic E-state index is 13.1. The van der Waals surface area contributed by atoms with E-state index in [4.69, 9.17) is 28.2 Å². The number of furan rings is 1. The summed E-state index contributed by atoms with van der Waals surface area (Å²) < 4.78 is 7.41. The molecule has 3 nitrogen and oxygen atoms in total. The number of thioether (sulfide) groups is 1. The van der Waals surface area contributed by atoms with Gasteiger partial charge in [0.25, 0.3) is 5.91 Å². The Morgan fingerprint density at radius 1 is 1.18 bits per heavy atom. The van der Waals surface area contributed by atoms with Gasteiger partial charge in [-0.2, -0.15) is 0 Å². The second-order valence-corrected chi connectivity index (χ2v) is 8.98. The van der Waals surface area contributed by atoms with E-state index in [-0.39, 0.29) is 5.91 Å². The fraction of sp³-hybridized carbons (Fsp3) is 0.259. The molecule has 0 saturated carbocycles. The molecule has 1 heterocycles. The highest BCUT2D eigenvalue weighted by Gasteiger charge is 2.17. The Balaban J connectivity index is 0.00000187. The first-order chi connectivity index (χ1) is 16.0. The minimum atomic E-state index is -0.0896. The van der Waals surface area contributed by atoms with Crippen LogP contribution >= 0.6 is 35.6 Å². The monoisotopic (exact) mass is 499 g/mol. The molecule has 1 aromatic carbocycles. The number of likely N-dealkylation sites (N-methyl/N-ethyl adjacent to an activating group) is 1. The largest absolute Gasteiger partial charge is 0.457 e. The van der Waals surface area contributed by atoms with Crippen LogP contribution in [0.2, 0.25) is 5.02 Å². The van der Waals surface area contributed by atoms with Crippen LogP contribution in [0.3, 0.4) is 0 Å². The van der Waals surface area contributed by atoms with Crippen molar-refractivity contribution in [3.05, 3.63) is 87.5 Å². The second-order valence-electron chi connectivity index (χ2n) is 7.13. The first-order valence-electron chi connectivity index (χ1n) is 10.9. The molecule has 0 unspecified atom stereocenters. The van der Waals surface area contributed by atoms with Crippen molar-refractivity contribution in [2.75, 3.05) is 13.6 Å². The summed E-state index contributed by atoms with van der Waals surface area (Å²) in [4.78, 5) is 15.3. The predicted octanol–water partition coefficient (Wildman–Crippen LogP) is 8.34. The summed E-state index contributed by atoms with van der Waals surface area (Å²) in [6.45, 7) is 6.71. The Hall–Kier alpha value is -2.34. The number of nitrogens with zero attached hydrogens (tertiary/aromatic N) is 1. The highest BCUT2D eigenvalue weighted by molar-refractivity contribution is 8.24. The molecule has 0 N–H and O–H groups in total. The number of allylic oxidation sites excluding steroid dienone is 5. The van der Waals surface area contributed by atoms with E-state index < -0.39 is 0 Å². The maximum atomic E-state index is 13.1. The number of amides is 1. The van der Waals surface area contributed by atoms with E-state index in [1.807, 2.05) is 57.3 Å². The molecule has 0 atom stereocenters. The molecule has 1 aromatic heterocycles. The van der Waals surface area contributed by atoms with Gasteiger partial charge in [-0.25, -0.2) is 0 Å². The lowest BCUT2D eigenvalue weighted by Gasteiger charge is -2.18. The van der Waals surface area contributed by atoms with Crippen LogP contribution in [-0.4, -0.2) is 29.1 Å². The topological polar surface area (TPSA) is 33.5 Å². The minimum Gasteiger partial charge on any atom is -0.457 e. The Bertz CT molecular complexity index is 1080. The van der Waals surface area contributed by atoms with Gasteiger partial charge in [0.15, 0.2) is 0 Å². The molecule has 3 rings (SSSR count). The normalized spacial score (nSPS) is 13.3. The van der Waals surface area contributed by atoms with Crippen molar-refractivity contribution in [2.24, 2.45) is 0 Å². The lowest BCUT2D eigenvalue weighted by Crippen LogP contribution is -2.28. The zero-order valence-electron chi connectivity index (χ0n) is 19.5. The molecule has 1 aliphatic carbocycles. The van der Waals surface area contributed by atoms with Gasteiger partial charge in [-0.05, 0) is 55.2 Å². The Morgan fingerprint density at radius 3 is 2.64 bits per heavy atom. The van der Waals surface area contributed by atoms with Crippen LogP contribution in [0.4, 0.5) is 0 Å². The van der Waals surface area contributed by atoms with Crippen LogP contribution in [0.25, 0.3) is 17.4 Å². The van der Waals surface area contributed by atoms with Crippen molar-refractivity contribution in [1.29, 1.82) is 0 Å². The molecule has 0 fully saturated rings. The molecule has 6 heteroatoms. The number of hydrogen-bond acceptors (Lipinski definition) is 4. The van der Waals surface area contributed by atoms with Gasteiger partial charge in [-0.1, -0.05) is 85.9 Å². The second kappa shape index (κ2) is 14.0. The number of carbonyl (C=O) groups is 1. The van der Waals surface area contributed by atoms with Crippen LogP contribution in [0.5, 0.6) is 0 Å². The summed E-state index contributed by atoms with van der Waals surface area (Å²) in [6, 6.07) is 11.2. The molecule has 33 heavy (non-hydrogen) atoms. The summed E-state index contributed by atoms with van der Waals surface area (Å²) in [5.41, 5.74) is 3.29. The third kappa shape index (κ3) is 7.88.